The summed E-state index contributed by atoms with van der Waals surface area (Å²) in [6, 6.07) is 13.0. The fraction of sp³-hybridized carbons (Fsp3) is 0.222. The van der Waals surface area contributed by atoms with E-state index in [1.54, 1.807) is 12.3 Å². The third-order valence-electron chi connectivity index (χ3n) is 4.03. The number of hydrogen-bond acceptors (Lipinski definition) is 3. The van der Waals surface area contributed by atoms with E-state index in [4.69, 9.17) is 0 Å². The number of benzene rings is 2. The van der Waals surface area contributed by atoms with Gasteiger partial charge < -0.3 is 9.67 Å². The third-order valence-corrected chi connectivity index (χ3v) is 5.35. The van der Waals surface area contributed by atoms with Gasteiger partial charge in [-0.1, -0.05) is 30.3 Å². The number of aromatic nitrogens is 1. The number of fused-ring (bicyclic) bond motifs is 1. The van der Waals surface area contributed by atoms with Crippen LogP contribution in [0, 0.1) is 5.82 Å². The van der Waals surface area contributed by atoms with Gasteiger partial charge in [-0.15, -0.1) is 0 Å². The van der Waals surface area contributed by atoms with Crippen molar-refractivity contribution < 1.29 is 17.9 Å². The first-order chi connectivity index (χ1) is 11.9. The fourth-order valence-electron chi connectivity index (χ4n) is 2.85. The van der Waals surface area contributed by atoms with Gasteiger partial charge in [0.05, 0.1) is 11.9 Å². The van der Waals surface area contributed by atoms with Crippen LogP contribution in [0.1, 0.15) is 17.2 Å². The minimum atomic E-state index is -3.68. The summed E-state index contributed by atoms with van der Waals surface area (Å²) in [7, 11) is -1.82. The SMILES string of the molecule is Cn1cc(C(O)CNS(=O)(=O)Cc2cccc(F)c2)c2ccccc21. The zero-order valence-electron chi connectivity index (χ0n) is 13.7. The summed E-state index contributed by atoms with van der Waals surface area (Å²) in [6.07, 6.45) is 0.810. The number of aliphatic hydroxyl groups excluding tert-OH is 1. The van der Waals surface area contributed by atoms with Crippen LogP contribution < -0.4 is 4.72 Å². The Kier molecular flexibility index (Phi) is 4.89. The van der Waals surface area contributed by atoms with Gasteiger partial charge in [-0.2, -0.15) is 0 Å². The van der Waals surface area contributed by atoms with Gasteiger partial charge in [0.25, 0.3) is 0 Å². The van der Waals surface area contributed by atoms with E-state index >= 15 is 0 Å². The topological polar surface area (TPSA) is 71.3 Å². The van der Waals surface area contributed by atoms with E-state index in [2.05, 4.69) is 4.72 Å². The summed E-state index contributed by atoms with van der Waals surface area (Å²) in [5.41, 5.74) is 1.97. The van der Waals surface area contributed by atoms with Gasteiger partial charge in [0.2, 0.25) is 10.0 Å². The Morgan fingerprint density at radius 3 is 2.72 bits per heavy atom. The van der Waals surface area contributed by atoms with Crippen LogP contribution >= 0.6 is 0 Å². The molecule has 0 amide bonds. The molecule has 1 unspecified atom stereocenters. The number of nitrogens with one attached hydrogen (secondary N) is 1. The molecule has 5 nitrogen and oxygen atoms in total. The monoisotopic (exact) mass is 362 g/mol. The van der Waals surface area contributed by atoms with E-state index in [0.717, 1.165) is 10.9 Å². The highest BCUT2D eigenvalue weighted by molar-refractivity contribution is 7.88. The molecule has 0 aliphatic rings. The zero-order valence-corrected chi connectivity index (χ0v) is 14.5. The summed E-state index contributed by atoms with van der Waals surface area (Å²) in [4.78, 5) is 0. The first kappa shape index (κ1) is 17.6. The van der Waals surface area contributed by atoms with Crippen LogP contribution in [0.25, 0.3) is 10.9 Å². The van der Waals surface area contributed by atoms with Crippen molar-refractivity contribution >= 4 is 20.9 Å². The molecule has 0 bridgehead atoms. The number of aryl methyl sites for hydroxylation is 1. The summed E-state index contributed by atoms with van der Waals surface area (Å²) >= 11 is 0. The highest BCUT2D eigenvalue weighted by Crippen LogP contribution is 2.25. The maximum absolute atomic E-state index is 13.2. The van der Waals surface area contributed by atoms with Gasteiger partial charge in [-0.25, -0.2) is 17.5 Å². The summed E-state index contributed by atoms with van der Waals surface area (Å²) in [6.45, 7) is -0.147. The van der Waals surface area contributed by atoms with Crippen LogP contribution in [0.3, 0.4) is 0 Å². The van der Waals surface area contributed by atoms with Crippen LogP contribution in [0.5, 0.6) is 0 Å². The third kappa shape index (κ3) is 4.07. The van der Waals surface area contributed by atoms with Crippen LogP contribution in [-0.4, -0.2) is 24.6 Å². The van der Waals surface area contributed by atoms with Gasteiger partial charge in [0.1, 0.15) is 5.82 Å². The second kappa shape index (κ2) is 6.95. The summed E-state index contributed by atoms with van der Waals surface area (Å²) in [5, 5.41) is 11.3. The van der Waals surface area contributed by atoms with Crippen molar-refractivity contribution in [1.82, 2.24) is 9.29 Å². The van der Waals surface area contributed by atoms with Crippen LogP contribution in [0.15, 0.2) is 54.7 Å². The first-order valence-electron chi connectivity index (χ1n) is 7.79. The molecule has 0 aliphatic heterocycles. The van der Waals surface area contributed by atoms with Crippen molar-refractivity contribution in [1.29, 1.82) is 0 Å². The van der Waals surface area contributed by atoms with Gasteiger partial charge in [-0.3, -0.25) is 0 Å². The molecule has 1 heterocycles. The molecular weight excluding hydrogens is 343 g/mol. The molecule has 0 fully saturated rings. The lowest BCUT2D eigenvalue weighted by atomic mass is 10.1. The minimum Gasteiger partial charge on any atom is -0.387 e. The molecule has 0 aliphatic carbocycles. The smallest absolute Gasteiger partial charge is 0.215 e. The van der Waals surface area contributed by atoms with Crippen molar-refractivity contribution in [3.05, 3.63) is 71.7 Å². The molecule has 25 heavy (non-hydrogen) atoms. The molecule has 7 heteroatoms. The Bertz CT molecular complexity index is 998. The van der Waals surface area contributed by atoms with Crippen molar-refractivity contribution in [2.75, 3.05) is 6.54 Å². The van der Waals surface area contributed by atoms with E-state index in [9.17, 15) is 17.9 Å². The van der Waals surface area contributed by atoms with Crippen molar-refractivity contribution in [2.24, 2.45) is 7.05 Å². The van der Waals surface area contributed by atoms with E-state index in [1.807, 2.05) is 35.9 Å². The molecule has 1 atom stereocenters. The average molecular weight is 362 g/mol. The van der Waals surface area contributed by atoms with Gasteiger partial charge >= 0.3 is 0 Å². The number of aliphatic hydroxyl groups is 1. The van der Waals surface area contributed by atoms with Crippen LogP contribution in [-0.2, 0) is 22.8 Å². The van der Waals surface area contributed by atoms with Crippen molar-refractivity contribution in [3.8, 4) is 0 Å². The quantitative estimate of drug-likeness (QED) is 0.708. The Labute approximate surface area is 145 Å². The van der Waals surface area contributed by atoms with E-state index in [0.29, 0.717) is 11.1 Å². The lowest BCUT2D eigenvalue weighted by Gasteiger charge is -2.12. The summed E-state index contributed by atoms with van der Waals surface area (Å²) < 4.78 is 41.8. The fourth-order valence-corrected chi connectivity index (χ4v) is 3.98. The Balaban J connectivity index is 1.71. The molecular formula is C18H19FN2O3S. The number of halogens is 1. The molecule has 3 aromatic rings. The lowest BCUT2D eigenvalue weighted by Crippen LogP contribution is -2.29. The molecule has 0 radical (unpaired) electrons. The standard InChI is InChI=1S/C18H19FN2O3S/c1-21-11-16(15-7-2-3-8-17(15)21)18(22)10-20-25(23,24)12-13-5-4-6-14(19)9-13/h2-9,11,18,20,22H,10,12H2,1H3. The maximum Gasteiger partial charge on any atom is 0.215 e. The molecule has 0 saturated heterocycles. The highest BCUT2D eigenvalue weighted by Gasteiger charge is 2.18. The molecule has 0 saturated carbocycles. The average Bonchev–Trinajstić information content (AvgIpc) is 2.90. The number of para-hydroxylation sites is 1. The van der Waals surface area contributed by atoms with Gasteiger partial charge in [0, 0.05) is 36.3 Å². The Morgan fingerprint density at radius 2 is 1.96 bits per heavy atom. The predicted molar refractivity (Wildman–Crippen MR) is 94.9 cm³/mol. The number of nitrogens with zero attached hydrogens (tertiary/aromatic N) is 1. The number of sulfonamides is 1. The highest BCUT2D eigenvalue weighted by atomic mass is 32.2. The molecule has 0 spiro atoms. The molecule has 132 valence electrons. The first-order valence-corrected chi connectivity index (χ1v) is 9.45. The Morgan fingerprint density at radius 1 is 1.20 bits per heavy atom. The van der Waals surface area contributed by atoms with E-state index in [1.165, 1.54) is 18.2 Å². The zero-order chi connectivity index (χ0) is 18.0. The normalized spacial score (nSPS) is 13.2. The Hall–Kier alpha value is -2.22. The molecule has 2 N–H and O–H groups in total. The van der Waals surface area contributed by atoms with E-state index in [-0.39, 0.29) is 12.3 Å². The second-order valence-electron chi connectivity index (χ2n) is 5.97. The summed E-state index contributed by atoms with van der Waals surface area (Å²) in [5.74, 6) is -0.823. The van der Waals surface area contributed by atoms with Crippen LogP contribution in [0.2, 0.25) is 0 Å². The number of hydrogen-bond donors (Lipinski definition) is 2. The van der Waals surface area contributed by atoms with Gasteiger partial charge in [-0.05, 0) is 23.8 Å². The van der Waals surface area contributed by atoms with Crippen molar-refractivity contribution in [3.63, 3.8) is 0 Å². The van der Waals surface area contributed by atoms with Crippen LogP contribution in [0.4, 0.5) is 4.39 Å². The lowest BCUT2D eigenvalue weighted by molar-refractivity contribution is 0.183. The predicted octanol–water partition coefficient (Wildman–Crippen LogP) is 2.47. The second-order valence-corrected chi connectivity index (χ2v) is 7.77. The largest absolute Gasteiger partial charge is 0.387 e. The molecule has 1 aromatic heterocycles. The molecule has 2 aromatic carbocycles. The molecule has 3 rings (SSSR count). The van der Waals surface area contributed by atoms with E-state index < -0.39 is 21.9 Å². The number of rotatable bonds is 6. The van der Waals surface area contributed by atoms with Crippen molar-refractivity contribution in [2.45, 2.75) is 11.9 Å². The minimum absolute atomic E-state index is 0.147. The maximum atomic E-state index is 13.2. The van der Waals surface area contributed by atoms with Gasteiger partial charge in [0.15, 0.2) is 0 Å².